The summed E-state index contributed by atoms with van der Waals surface area (Å²) < 4.78 is 5.14. The number of methoxy groups -OCH3 is 1. The lowest BCUT2D eigenvalue weighted by Gasteiger charge is -2.34. The predicted octanol–water partition coefficient (Wildman–Crippen LogP) is 1.61. The van der Waals surface area contributed by atoms with Crippen LogP contribution in [0.5, 0.6) is 0 Å². The molecule has 0 aromatic heterocycles. The predicted molar refractivity (Wildman–Crippen MR) is 97.6 cm³/mol. The average Bonchev–Trinajstić information content (AvgIpc) is 2.60. The molecule has 2 rings (SSSR count). The first-order chi connectivity index (χ1) is 12.0. The van der Waals surface area contributed by atoms with Gasteiger partial charge in [0.15, 0.2) is 0 Å². The number of piperidine rings is 1. The van der Waals surface area contributed by atoms with Crippen molar-refractivity contribution in [2.24, 2.45) is 11.7 Å². The number of nitrogens with zero attached hydrogens (tertiary/aromatic N) is 2. The van der Waals surface area contributed by atoms with Gasteiger partial charge in [-0.1, -0.05) is 6.07 Å². The topological polar surface area (TPSA) is 87.9 Å². The molecule has 138 valence electrons. The van der Waals surface area contributed by atoms with Crippen LogP contribution in [0.3, 0.4) is 0 Å². The second-order valence-electron chi connectivity index (χ2n) is 6.56. The molecule has 1 aliphatic heterocycles. The number of nitrogens with one attached hydrogen (secondary N) is 1. The molecule has 0 bridgehead atoms. The van der Waals surface area contributed by atoms with Gasteiger partial charge in [-0.25, -0.2) is 4.79 Å². The fourth-order valence-corrected chi connectivity index (χ4v) is 3.16. The minimum absolute atomic E-state index is 0.185. The Hall–Kier alpha value is -2.12. The van der Waals surface area contributed by atoms with Crippen molar-refractivity contribution in [1.29, 1.82) is 0 Å². The lowest BCUT2D eigenvalue weighted by Crippen LogP contribution is -2.43. The van der Waals surface area contributed by atoms with Gasteiger partial charge in [0, 0.05) is 45.0 Å². The quantitative estimate of drug-likeness (QED) is 0.783. The number of nitrogens with two attached hydrogens (primary N) is 1. The number of primary amides is 1. The van der Waals surface area contributed by atoms with Crippen molar-refractivity contribution in [2.45, 2.75) is 12.8 Å². The molecule has 7 heteroatoms. The number of anilines is 1. The third-order valence-corrected chi connectivity index (χ3v) is 4.49. The number of carbonyl (C=O) groups excluding carboxylic acids is 2. The fourth-order valence-electron chi connectivity index (χ4n) is 3.16. The summed E-state index contributed by atoms with van der Waals surface area (Å²) in [5, 5.41) is 2.82. The lowest BCUT2D eigenvalue weighted by atomic mass is 9.97. The first kappa shape index (κ1) is 19.2. The highest BCUT2D eigenvalue weighted by atomic mass is 16.5. The fraction of sp³-hybridized carbons (Fsp3) is 0.556. The van der Waals surface area contributed by atoms with Crippen molar-refractivity contribution >= 4 is 17.6 Å². The Balaban J connectivity index is 1.85. The minimum atomic E-state index is -0.511. The zero-order valence-electron chi connectivity index (χ0n) is 15.0. The number of benzene rings is 1. The number of carbonyl (C=O) groups is 2. The normalized spacial score (nSPS) is 17.9. The first-order valence-electron chi connectivity index (χ1n) is 8.63. The molecular formula is C18H28N4O3. The van der Waals surface area contributed by atoms with E-state index in [2.05, 4.69) is 10.2 Å². The highest BCUT2D eigenvalue weighted by Crippen LogP contribution is 2.18. The Morgan fingerprint density at radius 1 is 1.44 bits per heavy atom. The third-order valence-electron chi connectivity index (χ3n) is 4.49. The van der Waals surface area contributed by atoms with Crippen LogP contribution >= 0.6 is 0 Å². The van der Waals surface area contributed by atoms with Crippen LogP contribution in [0.2, 0.25) is 0 Å². The molecule has 1 aliphatic rings. The van der Waals surface area contributed by atoms with Gasteiger partial charge in [-0.2, -0.15) is 0 Å². The van der Waals surface area contributed by atoms with Crippen molar-refractivity contribution in [1.82, 2.24) is 9.80 Å². The van der Waals surface area contributed by atoms with Crippen molar-refractivity contribution in [3.63, 3.8) is 0 Å². The van der Waals surface area contributed by atoms with Crippen LogP contribution in [0.4, 0.5) is 10.5 Å². The van der Waals surface area contributed by atoms with Gasteiger partial charge in [-0.05, 0) is 43.5 Å². The maximum Gasteiger partial charge on any atom is 0.321 e. The number of ether oxygens (including phenoxy) is 1. The van der Waals surface area contributed by atoms with Crippen molar-refractivity contribution < 1.29 is 14.3 Å². The van der Waals surface area contributed by atoms with E-state index in [9.17, 15) is 9.59 Å². The summed E-state index contributed by atoms with van der Waals surface area (Å²) in [6, 6.07) is 6.46. The van der Waals surface area contributed by atoms with Crippen LogP contribution in [0.25, 0.3) is 0 Å². The molecule has 3 N–H and O–H groups in total. The van der Waals surface area contributed by atoms with Crippen LogP contribution in [0.15, 0.2) is 24.3 Å². The van der Waals surface area contributed by atoms with Gasteiger partial charge in [0.1, 0.15) is 0 Å². The van der Waals surface area contributed by atoms with Gasteiger partial charge in [-0.3, -0.25) is 4.79 Å². The number of urea groups is 1. The Morgan fingerprint density at radius 3 is 2.96 bits per heavy atom. The maximum atomic E-state index is 12.4. The molecular weight excluding hydrogens is 320 g/mol. The van der Waals surface area contributed by atoms with Crippen LogP contribution in [0.1, 0.15) is 23.2 Å². The molecule has 1 aromatic carbocycles. The Bertz CT molecular complexity index is 593. The first-order valence-corrected chi connectivity index (χ1v) is 8.63. The second-order valence-corrected chi connectivity index (χ2v) is 6.56. The molecule has 0 aliphatic carbocycles. The van der Waals surface area contributed by atoms with E-state index in [0.717, 1.165) is 39.1 Å². The monoisotopic (exact) mass is 348 g/mol. The molecule has 3 amide bonds. The van der Waals surface area contributed by atoms with E-state index < -0.39 is 5.91 Å². The van der Waals surface area contributed by atoms with Crippen molar-refractivity contribution in [3.8, 4) is 0 Å². The number of hydrogen-bond donors (Lipinski definition) is 2. The van der Waals surface area contributed by atoms with E-state index in [0.29, 0.717) is 23.7 Å². The van der Waals surface area contributed by atoms with Crippen molar-refractivity contribution in [3.05, 3.63) is 29.8 Å². The Labute approximate surface area is 149 Å². The van der Waals surface area contributed by atoms with Gasteiger partial charge in [-0.15, -0.1) is 0 Å². The molecule has 0 saturated carbocycles. The van der Waals surface area contributed by atoms with E-state index in [-0.39, 0.29) is 6.03 Å². The molecule has 0 radical (unpaired) electrons. The van der Waals surface area contributed by atoms with E-state index in [4.69, 9.17) is 10.5 Å². The van der Waals surface area contributed by atoms with E-state index in [1.54, 1.807) is 43.3 Å². The largest absolute Gasteiger partial charge is 0.383 e. The van der Waals surface area contributed by atoms with Crippen LogP contribution in [-0.2, 0) is 4.74 Å². The van der Waals surface area contributed by atoms with Gasteiger partial charge >= 0.3 is 6.03 Å². The second kappa shape index (κ2) is 9.39. The number of hydrogen-bond acceptors (Lipinski definition) is 4. The molecule has 1 fully saturated rings. The summed E-state index contributed by atoms with van der Waals surface area (Å²) in [7, 11) is 3.51. The number of rotatable bonds is 7. The molecule has 25 heavy (non-hydrogen) atoms. The van der Waals surface area contributed by atoms with Gasteiger partial charge in [0.2, 0.25) is 5.91 Å². The summed E-state index contributed by atoms with van der Waals surface area (Å²) in [6.45, 7) is 4.45. The summed E-state index contributed by atoms with van der Waals surface area (Å²) in [5.74, 6) is -0.0545. The lowest BCUT2D eigenvalue weighted by molar-refractivity contribution is 0.1000. The van der Waals surface area contributed by atoms with Gasteiger partial charge in [0.05, 0.1) is 6.61 Å². The maximum absolute atomic E-state index is 12.4. The molecule has 1 saturated heterocycles. The summed E-state index contributed by atoms with van der Waals surface area (Å²) >= 11 is 0. The number of amides is 3. The Morgan fingerprint density at radius 2 is 2.24 bits per heavy atom. The molecule has 0 spiro atoms. The average molecular weight is 348 g/mol. The molecule has 1 heterocycles. The van der Waals surface area contributed by atoms with Crippen LogP contribution < -0.4 is 11.1 Å². The van der Waals surface area contributed by atoms with Crippen LogP contribution in [-0.4, -0.2) is 68.7 Å². The summed E-state index contributed by atoms with van der Waals surface area (Å²) in [6.07, 6.45) is 2.27. The number of likely N-dealkylation sites (tertiary alicyclic amines) is 1. The molecule has 7 nitrogen and oxygen atoms in total. The van der Waals surface area contributed by atoms with E-state index in [1.807, 2.05) is 0 Å². The van der Waals surface area contributed by atoms with Gasteiger partial charge in [0.25, 0.3) is 0 Å². The summed E-state index contributed by atoms with van der Waals surface area (Å²) in [5.41, 5.74) is 6.21. The Kier molecular flexibility index (Phi) is 7.21. The standard InChI is InChI=1S/C18H28N4O3/c1-21(12-14-5-4-8-22(13-14)9-10-25-2)18(24)20-16-7-3-6-15(11-16)17(19)23/h3,6-7,11,14H,4-5,8-10,12-13H2,1-2H3,(H2,19,23)(H,20,24). The van der Waals surface area contributed by atoms with Crippen LogP contribution in [0, 0.1) is 5.92 Å². The highest BCUT2D eigenvalue weighted by Gasteiger charge is 2.22. The van der Waals surface area contributed by atoms with E-state index in [1.165, 1.54) is 0 Å². The van der Waals surface area contributed by atoms with Gasteiger partial charge < -0.3 is 25.6 Å². The van der Waals surface area contributed by atoms with E-state index >= 15 is 0 Å². The molecule has 1 aromatic rings. The minimum Gasteiger partial charge on any atom is -0.383 e. The molecule has 1 atom stereocenters. The SMILES string of the molecule is COCCN1CCCC(CN(C)C(=O)Nc2cccc(C(N)=O)c2)C1. The highest BCUT2D eigenvalue weighted by molar-refractivity contribution is 5.95. The van der Waals surface area contributed by atoms with Crippen molar-refractivity contribution in [2.75, 3.05) is 52.3 Å². The summed E-state index contributed by atoms with van der Waals surface area (Å²) in [4.78, 5) is 27.7. The molecule has 1 unspecified atom stereocenters. The zero-order chi connectivity index (χ0) is 18.2. The zero-order valence-corrected chi connectivity index (χ0v) is 15.0. The third kappa shape index (κ3) is 6.03. The smallest absolute Gasteiger partial charge is 0.321 e.